The monoisotopic (exact) mass is 537 g/mol. The van der Waals surface area contributed by atoms with Crippen LogP contribution in [0, 0.1) is 0 Å². The van der Waals surface area contributed by atoms with Crippen molar-refractivity contribution in [3.63, 3.8) is 0 Å². The lowest BCUT2D eigenvalue weighted by atomic mass is 10.1. The number of unbranched alkanes of at least 4 members (excludes halogenated alkanes) is 2. The van der Waals surface area contributed by atoms with Crippen LogP contribution in [0.1, 0.15) is 38.2 Å². The fraction of sp³-hybridized carbons (Fsp3) is 0.321. The number of carbonyl (C=O) groups is 1. The molecule has 4 heterocycles. The van der Waals surface area contributed by atoms with Gasteiger partial charge in [0, 0.05) is 55.4 Å². The summed E-state index contributed by atoms with van der Waals surface area (Å²) in [6, 6.07) is 13.1. The van der Waals surface area contributed by atoms with Crippen molar-refractivity contribution in [1.82, 2.24) is 19.4 Å². The normalized spacial score (nSPS) is 14.0. The molecule has 1 aromatic carbocycles. The van der Waals surface area contributed by atoms with Crippen LogP contribution in [0.3, 0.4) is 0 Å². The topological polar surface area (TPSA) is 63.5 Å². The van der Waals surface area contributed by atoms with Crippen molar-refractivity contribution >= 4 is 46.0 Å². The van der Waals surface area contributed by atoms with Gasteiger partial charge in [-0.2, -0.15) is 0 Å². The number of benzene rings is 1. The molecule has 0 spiro atoms. The predicted molar refractivity (Wildman–Crippen MR) is 148 cm³/mol. The Kier molecular flexibility index (Phi) is 7.82. The van der Waals surface area contributed by atoms with Crippen molar-refractivity contribution in [2.24, 2.45) is 0 Å². The van der Waals surface area contributed by atoms with Gasteiger partial charge in [-0.1, -0.05) is 49.0 Å². The van der Waals surface area contributed by atoms with Gasteiger partial charge in [-0.05, 0) is 48.7 Å². The average Bonchev–Trinajstić information content (AvgIpc) is 3.26. The van der Waals surface area contributed by atoms with Gasteiger partial charge in [0.2, 0.25) is 0 Å². The fourth-order valence-corrected chi connectivity index (χ4v) is 5.13. The Labute approximate surface area is 226 Å². The predicted octanol–water partition coefficient (Wildman–Crippen LogP) is 7.13. The highest BCUT2D eigenvalue weighted by molar-refractivity contribution is 6.35. The second kappa shape index (κ2) is 11.4. The van der Waals surface area contributed by atoms with Crippen LogP contribution in [0.5, 0.6) is 5.75 Å². The van der Waals surface area contributed by atoms with E-state index in [4.69, 9.17) is 27.9 Å². The zero-order valence-corrected chi connectivity index (χ0v) is 22.3. The number of halogens is 2. The number of aromatic nitrogens is 3. The molecule has 5 rings (SSSR count). The summed E-state index contributed by atoms with van der Waals surface area (Å²) in [5.74, 6) is 1.35. The number of urea groups is 1. The third kappa shape index (κ3) is 5.38. The molecule has 0 atom stereocenters. The van der Waals surface area contributed by atoms with Gasteiger partial charge in [-0.15, -0.1) is 0 Å². The van der Waals surface area contributed by atoms with E-state index in [1.807, 2.05) is 52.1 Å². The van der Waals surface area contributed by atoms with Gasteiger partial charge in [0.1, 0.15) is 17.2 Å². The molecular weight excluding hydrogens is 509 g/mol. The van der Waals surface area contributed by atoms with Crippen LogP contribution >= 0.6 is 23.2 Å². The molecule has 0 saturated carbocycles. The summed E-state index contributed by atoms with van der Waals surface area (Å²) in [6.45, 7) is 4.48. The second-order valence-corrected chi connectivity index (χ2v) is 9.90. The van der Waals surface area contributed by atoms with Crippen molar-refractivity contribution in [3.8, 4) is 11.6 Å². The van der Waals surface area contributed by atoms with Crippen molar-refractivity contribution in [2.75, 3.05) is 24.6 Å². The van der Waals surface area contributed by atoms with Crippen LogP contribution in [0.25, 0.3) is 16.9 Å². The summed E-state index contributed by atoms with van der Waals surface area (Å²) in [5.41, 5.74) is 2.44. The molecule has 192 valence electrons. The number of pyridine rings is 2. The summed E-state index contributed by atoms with van der Waals surface area (Å²) in [7, 11) is 0. The molecule has 2 amide bonds. The van der Waals surface area contributed by atoms with Crippen LogP contribution in [0.4, 0.5) is 10.5 Å². The van der Waals surface area contributed by atoms with E-state index in [1.165, 1.54) is 0 Å². The lowest BCUT2D eigenvalue weighted by molar-refractivity contribution is 0.192. The molecule has 1 aliphatic heterocycles. The van der Waals surface area contributed by atoms with Gasteiger partial charge in [-0.3, -0.25) is 9.47 Å². The highest BCUT2D eigenvalue weighted by atomic mass is 35.5. The van der Waals surface area contributed by atoms with E-state index in [1.54, 1.807) is 23.4 Å². The van der Waals surface area contributed by atoms with Crippen LogP contribution in [-0.2, 0) is 6.54 Å². The van der Waals surface area contributed by atoms with Gasteiger partial charge in [0.15, 0.2) is 0 Å². The number of hydrogen-bond acceptors (Lipinski definition) is 4. The molecule has 4 aromatic rings. The number of rotatable bonds is 9. The molecule has 0 radical (unpaired) electrons. The maximum Gasteiger partial charge on any atom is 0.324 e. The third-order valence-electron chi connectivity index (χ3n) is 6.53. The number of nitrogens with zero attached hydrogens (tertiary/aromatic N) is 5. The van der Waals surface area contributed by atoms with Gasteiger partial charge in [0.25, 0.3) is 0 Å². The van der Waals surface area contributed by atoms with E-state index < -0.39 is 0 Å². The van der Waals surface area contributed by atoms with E-state index in [0.29, 0.717) is 47.7 Å². The van der Waals surface area contributed by atoms with Crippen LogP contribution < -0.4 is 9.64 Å². The van der Waals surface area contributed by atoms with Crippen molar-refractivity contribution in [3.05, 3.63) is 76.7 Å². The second-order valence-electron chi connectivity index (χ2n) is 9.08. The molecule has 0 N–H and O–H groups in total. The molecule has 0 bridgehead atoms. The van der Waals surface area contributed by atoms with E-state index in [9.17, 15) is 4.79 Å². The minimum absolute atomic E-state index is 0.0595. The molecule has 7 nitrogen and oxygen atoms in total. The number of carbonyl (C=O) groups excluding carboxylic acids is 1. The first-order chi connectivity index (χ1) is 18.1. The van der Waals surface area contributed by atoms with Gasteiger partial charge < -0.3 is 9.64 Å². The Morgan fingerprint density at radius 2 is 1.89 bits per heavy atom. The Hall–Kier alpha value is -3.29. The molecule has 3 aromatic heterocycles. The average molecular weight is 538 g/mol. The number of hydrogen-bond donors (Lipinski definition) is 0. The summed E-state index contributed by atoms with van der Waals surface area (Å²) in [5, 5.41) is 1.95. The Morgan fingerprint density at radius 3 is 2.70 bits per heavy atom. The number of anilines is 1. The van der Waals surface area contributed by atoms with Gasteiger partial charge in [-0.25, -0.2) is 14.8 Å². The van der Waals surface area contributed by atoms with E-state index in [-0.39, 0.29) is 6.03 Å². The zero-order valence-electron chi connectivity index (χ0n) is 20.7. The molecule has 1 aliphatic rings. The highest BCUT2D eigenvalue weighted by Gasteiger charge is 2.28. The quantitative estimate of drug-likeness (QED) is 0.213. The number of amides is 2. The molecular formula is C28H29Cl2N5O2. The molecule has 37 heavy (non-hydrogen) atoms. The Morgan fingerprint density at radius 1 is 1.00 bits per heavy atom. The molecule has 1 fully saturated rings. The molecule has 0 unspecified atom stereocenters. The van der Waals surface area contributed by atoms with Crippen molar-refractivity contribution in [1.29, 1.82) is 0 Å². The maximum absolute atomic E-state index is 13.6. The zero-order chi connectivity index (χ0) is 25.8. The summed E-state index contributed by atoms with van der Waals surface area (Å²) < 4.78 is 7.79. The van der Waals surface area contributed by atoms with E-state index in [2.05, 4.69) is 16.9 Å². The SMILES string of the molecule is CCCCCOc1cc(N2CCCN(Cc3ccnc4c3c(Cl)cn4-c3ccccn3)C2=O)ccc1Cl. The first kappa shape index (κ1) is 25.4. The maximum atomic E-state index is 13.6. The van der Waals surface area contributed by atoms with Gasteiger partial charge >= 0.3 is 6.03 Å². The molecule has 1 saturated heterocycles. The molecule has 9 heteroatoms. The number of fused-ring (bicyclic) bond motifs is 1. The standard InChI is InChI=1S/C28H29Cl2N5O2/c1-2-3-6-16-37-24-17-21(9-10-22(24)29)34-15-7-14-33(28(34)36)18-20-11-13-32-27-26(20)23(30)19-35(27)25-8-4-5-12-31-25/h4-5,8-13,17,19H,2-3,6-7,14-16,18H2,1H3. The van der Waals surface area contributed by atoms with Crippen LogP contribution in [0.15, 0.2) is 61.1 Å². The fourth-order valence-electron chi connectivity index (χ4n) is 4.65. The third-order valence-corrected chi connectivity index (χ3v) is 7.13. The van der Waals surface area contributed by atoms with Gasteiger partial charge in [0.05, 0.1) is 16.7 Å². The van der Waals surface area contributed by atoms with Crippen molar-refractivity contribution < 1.29 is 9.53 Å². The highest BCUT2D eigenvalue weighted by Crippen LogP contribution is 2.33. The Balaban J connectivity index is 1.38. The number of ether oxygens (including phenoxy) is 1. The lowest BCUT2D eigenvalue weighted by Gasteiger charge is -2.36. The van der Waals surface area contributed by atoms with Crippen LogP contribution in [-0.4, -0.2) is 45.2 Å². The Bertz CT molecular complexity index is 1390. The first-order valence-corrected chi connectivity index (χ1v) is 13.4. The van der Waals surface area contributed by atoms with E-state index in [0.717, 1.165) is 48.1 Å². The van der Waals surface area contributed by atoms with E-state index >= 15 is 0 Å². The lowest BCUT2D eigenvalue weighted by Crippen LogP contribution is -2.49. The largest absolute Gasteiger partial charge is 0.492 e. The minimum atomic E-state index is -0.0595. The summed E-state index contributed by atoms with van der Waals surface area (Å²) in [6.07, 6.45) is 9.35. The van der Waals surface area contributed by atoms with Crippen molar-refractivity contribution in [2.45, 2.75) is 39.2 Å². The smallest absolute Gasteiger partial charge is 0.324 e. The summed E-state index contributed by atoms with van der Waals surface area (Å²) in [4.78, 5) is 26.2. The molecule has 0 aliphatic carbocycles. The summed E-state index contributed by atoms with van der Waals surface area (Å²) >= 11 is 13.0. The first-order valence-electron chi connectivity index (χ1n) is 12.6. The minimum Gasteiger partial charge on any atom is -0.492 e. The van der Waals surface area contributed by atoms with Crippen LogP contribution in [0.2, 0.25) is 10.0 Å².